The highest BCUT2D eigenvalue weighted by atomic mass is 19.4. The lowest BCUT2D eigenvalue weighted by atomic mass is 9.93. The van der Waals surface area contributed by atoms with Gasteiger partial charge in [0.05, 0.1) is 12.0 Å². The number of nitrogens with zero attached hydrogens (tertiary/aromatic N) is 1. The molecule has 7 heteroatoms. The predicted octanol–water partition coefficient (Wildman–Crippen LogP) is 4.21. The zero-order chi connectivity index (χ0) is 19.1. The summed E-state index contributed by atoms with van der Waals surface area (Å²) in [6, 6.07) is 7.99. The van der Waals surface area contributed by atoms with E-state index in [4.69, 9.17) is 4.74 Å². The van der Waals surface area contributed by atoms with Crippen molar-refractivity contribution in [2.75, 3.05) is 13.2 Å². The molecule has 1 fully saturated rings. The van der Waals surface area contributed by atoms with Crippen molar-refractivity contribution >= 4 is 16.7 Å². The van der Waals surface area contributed by atoms with Crippen LogP contribution in [0.15, 0.2) is 36.4 Å². The molecular weight excluding hydrogens is 345 g/mol. The first kappa shape index (κ1) is 18.5. The normalized spacial score (nSPS) is 18.8. The van der Waals surface area contributed by atoms with E-state index >= 15 is 0 Å². The van der Waals surface area contributed by atoms with E-state index in [2.05, 4.69) is 5.43 Å². The summed E-state index contributed by atoms with van der Waals surface area (Å²) in [5.41, 5.74) is 1.57. The SMILES string of the molecule is CCOc1cccc2cccc([C@H](N3CC(C)(C)C(=O)N3)C(F)(F)F)c12. The molecule has 26 heavy (non-hydrogen) atoms. The zero-order valence-electron chi connectivity index (χ0n) is 14.9. The molecule has 0 aliphatic carbocycles. The summed E-state index contributed by atoms with van der Waals surface area (Å²) in [6.45, 7) is 5.35. The molecule has 2 aromatic carbocycles. The van der Waals surface area contributed by atoms with Crippen molar-refractivity contribution < 1.29 is 22.7 Å². The van der Waals surface area contributed by atoms with E-state index < -0.39 is 23.5 Å². The molecule has 1 aliphatic heterocycles. The van der Waals surface area contributed by atoms with E-state index in [1.165, 1.54) is 6.07 Å². The fourth-order valence-electron chi connectivity index (χ4n) is 3.33. The van der Waals surface area contributed by atoms with Crippen molar-refractivity contribution in [1.82, 2.24) is 10.4 Å². The van der Waals surface area contributed by atoms with E-state index in [1.807, 2.05) is 0 Å². The molecule has 1 heterocycles. The van der Waals surface area contributed by atoms with Gasteiger partial charge in [-0.1, -0.05) is 30.3 Å². The van der Waals surface area contributed by atoms with Gasteiger partial charge in [0, 0.05) is 11.9 Å². The lowest BCUT2D eigenvalue weighted by Crippen LogP contribution is -2.43. The number of hydrazine groups is 1. The Kier molecular flexibility index (Phi) is 4.60. The molecule has 3 rings (SSSR count). The topological polar surface area (TPSA) is 41.6 Å². The third-order valence-corrected chi connectivity index (χ3v) is 4.54. The number of amides is 1. The molecule has 0 saturated carbocycles. The molecule has 0 radical (unpaired) electrons. The number of nitrogens with one attached hydrogen (secondary N) is 1. The molecule has 0 spiro atoms. The van der Waals surface area contributed by atoms with Gasteiger partial charge in [0.1, 0.15) is 5.75 Å². The largest absolute Gasteiger partial charge is 0.493 e. The van der Waals surface area contributed by atoms with Crippen molar-refractivity contribution in [3.63, 3.8) is 0 Å². The molecule has 0 unspecified atom stereocenters. The number of ether oxygens (including phenoxy) is 1. The fourth-order valence-corrected chi connectivity index (χ4v) is 3.33. The van der Waals surface area contributed by atoms with Gasteiger partial charge in [-0.25, -0.2) is 5.01 Å². The fraction of sp³-hybridized carbons (Fsp3) is 0.421. The Morgan fingerprint density at radius 1 is 1.23 bits per heavy atom. The van der Waals surface area contributed by atoms with Crippen LogP contribution in [0.5, 0.6) is 5.75 Å². The number of fused-ring (bicyclic) bond motifs is 1. The molecule has 1 aliphatic rings. The van der Waals surface area contributed by atoms with Gasteiger partial charge in [-0.2, -0.15) is 13.2 Å². The van der Waals surface area contributed by atoms with Crippen LogP contribution in [0.3, 0.4) is 0 Å². The van der Waals surface area contributed by atoms with Crippen LogP contribution >= 0.6 is 0 Å². The van der Waals surface area contributed by atoms with Crippen LogP contribution in [0, 0.1) is 5.41 Å². The first-order valence-corrected chi connectivity index (χ1v) is 8.44. The Hall–Kier alpha value is -2.28. The highest BCUT2D eigenvalue weighted by Gasteiger charge is 2.51. The molecule has 140 valence electrons. The second kappa shape index (κ2) is 6.46. The van der Waals surface area contributed by atoms with Crippen molar-refractivity contribution in [3.8, 4) is 5.75 Å². The van der Waals surface area contributed by atoms with Crippen molar-refractivity contribution in [3.05, 3.63) is 42.0 Å². The van der Waals surface area contributed by atoms with Crippen LogP contribution in [0.1, 0.15) is 32.4 Å². The number of carbonyl (C=O) groups excluding carboxylic acids is 1. The second-order valence-electron chi connectivity index (χ2n) is 7.03. The first-order valence-electron chi connectivity index (χ1n) is 8.44. The predicted molar refractivity (Wildman–Crippen MR) is 92.5 cm³/mol. The van der Waals surface area contributed by atoms with E-state index in [9.17, 15) is 18.0 Å². The average Bonchev–Trinajstić information content (AvgIpc) is 2.79. The molecule has 2 aromatic rings. The molecule has 1 atom stereocenters. The Labute approximate surface area is 149 Å². The third-order valence-electron chi connectivity index (χ3n) is 4.54. The van der Waals surface area contributed by atoms with Gasteiger partial charge in [-0.3, -0.25) is 10.2 Å². The third kappa shape index (κ3) is 3.23. The van der Waals surface area contributed by atoms with Gasteiger partial charge in [-0.05, 0) is 37.8 Å². The van der Waals surface area contributed by atoms with Crippen molar-refractivity contribution in [2.24, 2.45) is 5.41 Å². The number of alkyl halides is 3. The van der Waals surface area contributed by atoms with Gasteiger partial charge in [0.25, 0.3) is 0 Å². The van der Waals surface area contributed by atoms with Crippen LogP contribution in [-0.4, -0.2) is 30.2 Å². The highest BCUT2D eigenvalue weighted by Crippen LogP contribution is 2.44. The summed E-state index contributed by atoms with van der Waals surface area (Å²) in [4.78, 5) is 12.1. The Morgan fingerprint density at radius 3 is 2.42 bits per heavy atom. The number of rotatable bonds is 4. The van der Waals surface area contributed by atoms with E-state index in [-0.39, 0.29) is 12.1 Å². The minimum atomic E-state index is -4.57. The standard InChI is InChI=1S/C19H21F3N2O2/c1-4-26-14-10-6-8-12-7-5-9-13(15(12)14)16(19(20,21)22)24-11-18(2,3)17(25)23-24/h5-10,16H,4,11H2,1-3H3,(H,23,25)/t16-/m0/s1. The highest BCUT2D eigenvalue weighted by molar-refractivity contribution is 5.92. The molecule has 1 amide bonds. The van der Waals surface area contributed by atoms with Gasteiger partial charge >= 0.3 is 6.18 Å². The maximum Gasteiger partial charge on any atom is 0.409 e. The maximum atomic E-state index is 14.0. The Morgan fingerprint density at radius 2 is 1.88 bits per heavy atom. The van der Waals surface area contributed by atoms with E-state index in [0.717, 1.165) is 5.01 Å². The molecular formula is C19H21F3N2O2. The minimum absolute atomic E-state index is 0.0385. The van der Waals surface area contributed by atoms with Crippen LogP contribution < -0.4 is 10.2 Å². The van der Waals surface area contributed by atoms with Gasteiger partial charge in [0.2, 0.25) is 5.91 Å². The average molecular weight is 366 g/mol. The lowest BCUT2D eigenvalue weighted by Gasteiger charge is -2.31. The Bertz CT molecular complexity index is 828. The summed E-state index contributed by atoms with van der Waals surface area (Å²) in [7, 11) is 0. The molecule has 0 bridgehead atoms. The molecule has 1 N–H and O–H groups in total. The minimum Gasteiger partial charge on any atom is -0.493 e. The summed E-state index contributed by atoms with van der Waals surface area (Å²) in [5, 5.41) is 2.06. The van der Waals surface area contributed by atoms with Gasteiger partial charge in [0.15, 0.2) is 6.04 Å². The van der Waals surface area contributed by atoms with Crippen LogP contribution in [0.4, 0.5) is 13.2 Å². The van der Waals surface area contributed by atoms with E-state index in [0.29, 0.717) is 23.1 Å². The monoisotopic (exact) mass is 366 g/mol. The van der Waals surface area contributed by atoms with Crippen LogP contribution in [0.2, 0.25) is 0 Å². The number of carbonyl (C=O) groups is 1. The number of hydrogen-bond donors (Lipinski definition) is 1. The van der Waals surface area contributed by atoms with Crippen molar-refractivity contribution in [1.29, 1.82) is 0 Å². The quantitative estimate of drug-likeness (QED) is 0.881. The van der Waals surface area contributed by atoms with Gasteiger partial charge in [-0.15, -0.1) is 0 Å². The van der Waals surface area contributed by atoms with Crippen molar-refractivity contribution in [2.45, 2.75) is 33.0 Å². The van der Waals surface area contributed by atoms with E-state index in [1.54, 1.807) is 51.1 Å². The Balaban J connectivity index is 2.19. The number of benzene rings is 2. The molecule has 0 aromatic heterocycles. The molecule has 1 saturated heterocycles. The number of hydrogen-bond acceptors (Lipinski definition) is 3. The van der Waals surface area contributed by atoms with Crippen LogP contribution in [-0.2, 0) is 4.79 Å². The summed E-state index contributed by atoms with van der Waals surface area (Å²) >= 11 is 0. The first-order chi connectivity index (χ1) is 12.1. The maximum absolute atomic E-state index is 14.0. The zero-order valence-corrected chi connectivity index (χ0v) is 14.9. The summed E-state index contributed by atoms with van der Waals surface area (Å²) in [6.07, 6.45) is -4.57. The lowest BCUT2D eigenvalue weighted by molar-refractivity contribution is -0.191. The van der Waals surface area contributed by atoms with Crippen LogP contribution in [0.25, 0.3) is 10.8 Å². The second-order valence-corrected chi connectivity index (χ2v) is 7.03. The smallest absolute Gasteiger partial charge is 0.409 e. The van der Waals surface area contributed by atoms with Gasteiger partial charge < -0.3 is 4.74 Å². The molecule has 4 nitrogen and oxygen atoms in total. The number of halogens is 3. The summed E-state index contributed by atoms with van der Waals surface area (Å²) < 4.78 is 47.7. The summed E-state index contributed by atoms with van der Waals surface area (Å²) in [5.74, 6) is -0.0170.